The molecule has 1 fully saturated rings. The van der Waals surface area contributed by atoms with E-state index in [0.717, 1.165) is 22.3 Å². The Morgan fingerprint density at radius 1 is 1.00 bits per heavy atom. The number of aliphatic hydroxyl groups excluding tert-OH is 1. The maximum Gasteiger partial charge on any atom is 0.407 e. The molecule has 0 spiro atoms. The predicted molar refractivity (Wildman–Crippen MR) is 116 cm³/mol. The van der Waals surface area contributed by atoms with Crippen molar-refractivity contribution in [3.63, 3.8) is 0 Å². The molecule has 4 N–H and O–H groups in total. The lowest BCUT2D eigenvalue weighted by Gasteiger charge is -2.18. The average molecular weight is 438 g/mol. The van der Waals surface area contributed by atoms with E-state index in [1.54, 1.807) is 0 Å². The van der Waals surface area contributed by atoms with Crippen LogP contribution in [0.25, 0.3) is 11.1 Å². The fourth-order valence-electron chi connectivity index (χ4n) is 4.16. The molecule has 2 amide bonds. The van der Waals surface area contributed by atoms with Gasteiger partial charge in [-0.05, 0) is 35.1 Å². The highest BCUT2D eigenvalue weighted by molar-refractivity contribution is 5.86. The largest absolute Gasteiger partial charge is 0.479 e. The standard InChI is InChI=1S/C24H26N2O6/c27-20(21(28)29)9-12-25-22(30)24(10-11-24)14-26-23(31)32-13-19-17-7-3-1-5-15(17)16-6-2-4-8-18(16)19/h1-8,19-20,27H,9-14H2,(H,25,30)(H,26,31)(H,28,29). The van der Waals surface area contributed by atoms with Crippen LogP contribution < -0.4 is 10.6 Å². The molecule has 2 aliphatic rings. The van der Waals surface area contributed by atoms with Crippen LogP contribution in [0.4, 0.5) is 4.79 Å². The van der Waals surface area contributed by atoms with Crippen molar-refractivity contribution in [3.05, 3.63) is 59.7 Å². The van der Waals surface area contributed by atoms with Gasteiger partial charge >= 0.3 is 12.1 Å². The van der Waals surface area contributed by atoms with Crippen molar-refractivity contribution in [3.8, 4) is 11.1 Å². The van der Waals surface area contributed by atoms with E-state index in [-0.39, 0.29) is 37.9 Å². The van der Waals surface area contributed by atoms with Crippen LogP contribution in [0.2, 0.25) is 0 Å². The lowest BCUT2D eigenvalue weighted by Crippen LogP contribution is -2.41. The third kappa shape index (κ3) is 4.45. The second-order valence-electron chi connectivity index (χ2n) is 8.36. The van der Waals surface area contributed by atoms with Crippen LogP contribution in [0.3, 0.4) is 0 Å². The Hall–Kier alpha value is -3.39. The number of alkyl carbamates (subject to hydrolysis) is 1. The van der Waals surface area contributed by atoms with Crippen molar-refractivity contribution in [2.24, 2.45) is 5.41 Å². The molecule has 0 aliphatic heterocycles. The molecule has 2 aromatic carbocycles. The molecular weight excluding hydrogens is 412 g/mol. The number of ether oxygens (including phenoxy) is 1. The van der Waals surface area contributed by atoms with E-state index >= 15 is 0 Å². The Kier molecular flexibility index (Phi) is 6.14. The first kappa shape index (κ1) is 21.8. The van der Waals surface area contributed by atoms with Crippen LogP contribution in [-0.4, -0.2) is 54.0 Å². The fourth-order valence-corrected chi connectivity index (χ4v) is 4.16. The van der Waals surface area contributed by atoms with E-state index in [0.29, 0.717) is 12.8 Å². The van der Waals surface area contributed by atoms with E-state index in [1.807, 2.05) is 36.4 Å². The molecule has 1 atom stereocenters. The number of carbonyl (C=O) groups is 3. The number of carboxylic acids is 1. The molecule has 0 bridgehead atoms. The lowest BCUT2D eigenvalue weighted by atomic mass is 9.98. The molecule has 4 rings (SSSR count). The van der Waals surface area contributed by atoms with Crippen molar-refractivity contribution in [1.29, 1.82) is 0 Å². The van der Waals surface area contributed by atoms with Crippen LogP contribution in [0.1, 0.15) is 36.3 Å². The summed E-state index contributed by atoms with van der Waals surface area (Å²) in [5.74, 6) is -1.61. The van der Waals surface area contributed by atoms with Gasteiger partial charge in [0.15, 0.2) is 6.10 Å². The molecule has 0 radical (unpaired) electrons. The third-order valence-corrected chi connectivity index (χ3v) is 6.24. The molecular formula is C24H26N2O6. The van der Waals surface area contributed by atoms with E-state index < -0.39 is 23.6 Å². The summed E-state index contributed by atoms with van der Waals surface area (Å²) in [5, 5.41) is 23.3. The minimum atomic E-state index is -1.51. The summed E-state index contributed by atoms with van der Waals surface area (Å²) in [6.07, 6.45) is -0.901. The number of amides is 2. The topological polar surface area (TPSA) is 125 Å². The maximum absolute atomic E-state index is 12.4. The van der Waals surface area contributed by atoms with Gasteiger partial charge in [-0.2, -0.15) is 0 Å². The second kappa shape index (κ2) is 9.00. The van der Waals surface area contributed by atoms with Gasteiger partial charge < -0.3 is 25.6 Å². The van der Waals surface area contributed by atoms with E-state index in [4.69, 9.17) is 9.84 Å². The SMILES string of the molecule is O=C(NCC1(C(=O)NCCC(O)C(=O)O)CC1)OCC1c2ccccc2-c2ccccc21. The fraction of sp³-hybridized carbons (Fsp3) is 0.375. The highest BCUT2D eigenvalue weighted by atomic mass is 16.5. The summed E-state index contributed by atoms with van der Waals surface area (Å²) in [5.41, 5.74) is 3.86. The minimum Gasteiger partial charge on any atom is -0.479 e. The number of hydrogen-bond acceptors (Lipinski definition) is 5. The number of benzene rings is 2. The third-order valence-electron chi connectivity index (χ3n) is 6.24. The van der Waals surface area contributed by atoms with E-state index in [1.165, 1.54) is 0 Å². The van der Waals surface area contributed by atoms with Crippen molar-refractivity contribution in [1.82, 2.24) is 10.6 Å². The normalized spacial score (nSPS) is 16.4. The Labute approximate surface area is 185 Å². The molecule has 0 saturated heterocycles. The lowest BCUT2D eigenvalue weighted by molar-refractivity contribution is -0.147. The summed E-state index contributed by atoms with van der Waals surface area (Å²) in [6, 6.07) is 16.2. The molecule has 2 aromatic rings. The number of rotatable bonds is 9. The number of carboxylic acid groups (broad SMARTS) is 1. The zero-order valence-electron chi connectivity index (χ0n) is 17.5. The molecule has 1 unspecified atom stereocenters. The molecule has 2 aliphatic carbocycles. The van der Waals surface area contributed by atoms with Gasteiger partial charge in [-0.15, -0.1) is 0 Å². The summed E-state index contributed by atoms with van der Waals surface area (Å²) in [4.78, 5) is 35.4. The molecule has 8 heteroatoms. The predicted octanol–water partition coefficient (Wildman–Crippen LogP) is 2.26. The molecule has 0 heterocycles. The van der Waals surface area contributed by atoms with Gasteiger partial charge in [0.1, 0.15) is 6.61 Å². The molecule has 1 saturated carbocycles. The smallest absolute Gasteiger partial charge is 0.407 e. The Morgan fingerprint density at radius 3 is 2.16 bits per heavy atom. The molecule has 8 nitrogen and oxygen atoms in total. The Balaban J connectivity index is 1.27. The molecule has 32 heavy (non-hydrogen) atoms. The summed E-state index contributed by atoms with van der Waals surface area (Å²) < 4.78 is 5.50. The van der Waals surface area contributed by atoms with Crippen molar-refractivity contribution in [2.45, 2.75) is 31.3 Å². The summed E-state index contributed by atoms with van der Waals surface area (Å²) >= 11 is 0. The summed E-state index contributed by atoms with van der Waals surface area (Å²) in [7, 11) is 0. The number of hydrogen-bond donors (Lipinski definition) is 4. The zero-order chi connectivity index (χ0) is 22.7. The average Bonchev–Trinajstić information content (AvgIpc) is 3.53. The minimum absolute atomic E-state index is 0.0352. The van der Waals surface area contributed by atoms with Crippen LogP contribution in [-0.2, 0) is 14.3 Å². The van der Waals surface area contributed by atoms with Crippen LogP contribution in [0, 0.1) is 5.41 Å². The number of nitrogens with one attached hydrogen (secondary N) is 2. The Morgan fingerprint density at radius 2 is 1.59 bits per heavy atom. The number of aliphatic hydroxyl groups is 1. The van der Waals surface area contributed by atoms with E-state index in [2.05, 4.69) is 22.8 Å². The first-order valence-corrected chi connectivity index (χ1v) is 10.7. The van der Waals surface area contributed by atoms with Gasteiger partial charge in [0.05, 0.1) is 5.41 Å². The number of fused-ring (bicyclic) bond motifs is 3. The van der Waals surface area contributed by atoms with Crippen LogP contribution in [0.15, 0.2) is 48.5 Å². The van der Waals surface area contributed by atoms with E-state index in [9.17, 15) is 19.5 Å². The highest BCUT2D eigenvalue weighted by Gasteiger charge is 2.49. The van der Waals surface area contributed by atoms with Gasteiger partial charge in [-0.3, -0.25) is 4.79 Å². The highest BCUT2D eigenvalue weighted by Crippen LogP contribution is 2.46. The van der Waals surface area contributed by atoms with Gasteiger partial charge in [0.25, 0.3) is 0 Å². The summed E-state index contributed by atoms with van der Waals surface area (Å²) in [6.45, 7) is 0.405. The Bertz CT molecular complexity index is 987. The van der Waals surface area contributed by atoms with Crippen LogP contribution in [0.5, 0.6) is 0 Å². The number of aliphatic carboxylic acids is 1. The van der Waals surface area contributed by atoms with Gasteiger partial charge in [-0.1, -0.05) is 48.5 Å². The first-order chi connectivity index (χ1) is 15.4. The maximum atomic E-state index is 12.4. The monoisotopic (exact) mass is 438 g/mol. The van der Waals surface area contributed by atoms with Gasteiger partial charge in [0.2, 0.25) is 5.91 Å². The zero-order valence-corrected chi connectivity index (χ0v) is 17.5. The van der Waals surface area contributed by atoms with Gasteiger partial charge in [-0.25, -0.2) is 9.59 Å². The second-order valence-corrected chi connectivity index (χ2v) is 8.36. The van der Waals surface area contributed by atoms with Crippen molar-refractivity contribution >= 4 is 18.0 Å². The number of carbonyl (C=O) groups excluding carboxylic acids is 2. The van der Waals surface area contributed by atoms with Crippen molar-refractivity contribution < 1.29 is 29.3 Å². The first-order valence-electron chi connectivity index (χ1n) is 10.7. The quantitative estimate of drug-likeness (QED) is 0.476. The van der Waals surface area contributed by atoms with Crippen LogP contribution >= 0.6 is 0 Å². The van der Waals surface area contributed by atoms with Crippen molar-refractivity contribution in [2.75, 3.05) is 19.7 Å². The molecule has 168 valence electrons. The van der Waals surface area contributed by atoms with Gasteiger partial charge in [0, 0.05) is 25.4 Å². The molecule has 0 aromatic heterocycles.